The summed E-state index contributed by atoms with van der Waals surface area (Å²) in [5.74, 6) is 1.63. The maximum Gasteiger partial charge on any atom is 0.162 e. The smallest absolute Gasteiger partial charge is 0.162 e. The molecule has 0 aliphatic carbocycles. The first kappa shape index (κ1) is 15.5. The van der Waals surface area contributed by atoms with Crippen LogP contribution in [0.4, 0.5) is 0 Å². The van der Waals surface area contributed by atoms with Gasteiger partial charge in [0, 0.05) is 19.6 Å². The van der Waals surface area contributed by atoms with Crippen LogP contribution in [0.3, 0.4) is 0 Å². The van der Waals surface area contributed by atoms with Crippen LogP contribution in [0.2, 0.25) is 0 Å². The molecule has 4 rings (SSSR count). The van der Waals surface area contributed by atoms with E-state index in [0.29, 0.717) is 6.61 Å². The normalized spacial score (nSPS) is 21.6. The first-order valence-corrected chi connectivity index (χ1v) is 8.66. The van der Waals surface area contributed by atoms with Crippen LogP contribution in [0.25, 0.3) is 0 Å². The number of likely N-dealkylation sites (tertiary alicyclic amines) is 1. The van der Waals surface area contributed by atoms with E-state index in [-0.39, 0.29) is 12.2 Å². The van der Waals surface area contributed by atoms with Gasteiger partial charge in [-0.15, -0.1) is 0 Å². The SMILES string of the molecule is OC1CCN(Cc2ccc([C@@H]3COc4ccccc4O3)cc2)CC1. The van der Waals surface area contributed by atoms with E-state index < -0.39 is 0 Å². The molecular formula is C20H23NO3. The fourth-order valence-corrected chi connectivity index (χ4v) is 3.36. The van der Waals surface area contributed by atoms with E-state index >= 15 is 0 Å². The number of fused-ring (bicyclic) bond motifs is 1. The van der Waals surface area contributed by atoms with Crippen LogP contribution in [0.5, 0.6) is 11.5 Å². The van der Waals surface area contributed by atoms with Crippen molar-refractivity contribution in [1.29, 1.82) is 0 Å². The Morgan fingerprint density at radius 2 is 1.67 bits per heavy atom. The van der Waals surface area contributed by atoms with E-state index in [1.165, 1.54) is 5.56 Å². The van der Waals surface area contributed by atoms with Gasteiger partial charge in [0.2, 0.25) is 0 Å². The van der Waals surface area contributed by atoms with E-state index in [9.17, 15) is 5.11 Å². The van der Waals surface area contributed by atoms with E-state index in [2.05, 4.69) is 29.2 Å². The van der Waals surface area contributed by atoms with Gasteiger partial charge in [-0.2, -0.15) is 0 Å². The Kier molecular flexibility index (Phi) is 4.41. The number of aliphatic hydroxyl groups excluding tert-OH is 1. The molecule has 2 aliphatic heterocycles. The zero-order chi connectivity index (χ0) is 16.4. The van der Waals surface area contributed by atoms with Crippen molar-refractivity contribution in [1.82, 2.24) is 4.90 Å². The van der Waals surface area contributed by atoms with Gasteiger partial charge in [-0.05, 0) is 36.1 Å². The van der Waals surface area contributed by atoms with Crippen molar-refractivity contribution < 1.29 is 14.6 Å². The predicted octanol–water partition coefficient (Wildman–Crippen LogP) is 3.16. The number of hydrogen-bond donors (Lipinski definition) is 1. The molecule has 0 aromatic heterocycles. The lowest BCUT2D eigenvalue weighted by Gasteiger charge is -2.29. The summed E-state index contributed by atoms with van der Waals surface area (Å²) in [7, 11) is 0. The standard InChI is InChI=1S/C20H23NO3/c22-17-9-11-21(12-10-17)13-15-5-7-16(8-6-15)20-14-23-18-3-1-2-4-19(18)24-20/h1-8,17,20,22H,9-14H2/t20-/m0/s1. The molecule has 2 heterocycles. The summed E-state index contributed by atoms with van der Waals surface area (Å²) in [5, 5.41) is 9.59. The molecule has 1 saturated heterocycles. The number of ether oxygens (including phenoxy) is 2. The van der Waals surface area contributed by atoms with Crippen LogP contribution in [-0.4, -0.2) is 35.8 Å². The molecule has 0 bridgehead atoms. The van der Waals surface area contributed by atoms with Gasteiger partial charge in [0.05, 0.1) is 6.10 Å². The first-order valence-electron chi connectivity index (χ1n) is 8.66. The Morgan fingerprint density at radius 3 is 2.42 bits per heavy atom. The highest BCUT2D eigenvalue weighted by Gasteiger charge is 2.22. The molecule has 1 atom stereocenters. The summed E-state index contributed by atoms with van der Waals surface area (Å²) < 4.78 is 11.9. The molecule has 0 unspecified atom stereocenters. The Balaban J connectivity index is 1.39. The lowest BCUT2D eigenvalue weighted by molar-refractivity contribution is 0.0791. The summed E-state index contributed by atoms with van der Waals surface area (Å²) >= 11 is 0. The fourth-order valence-electron chi connectivity index (χ4n) is 3.36. The summed E-state index contributed by atoms with van der Waals surface area (Å²) in [4.78, 5) is 2.40. The molecule has 0 radical (unpaired) electrons. The van der Waals surface area contributed by atoms with E-state index in [1.54, 1.807) is 0 Å². The van der Waals surface area contributed by atoms with Crippen LogP contribution in [-0.2, 0) is 6.54 Å². The van der Waals surface area contributed by atoms with Crippen LogP contribution in [0, 0.1) is 0 Å². The summed E-state index contributed by atoms with van der Waals surface area (Å²) in [6.07, 6.45) is 1.59. The average Bonchev–Trinajstić information content (AvgIpc) is 2.64. The van der Waals surface area contributed by atoms with Gasteiger partial charge >= 0.3 is 0 Å². The molecule has 0 saturated carbocycles. The third kappa shape index (κ3) is 3.40. The summed E-state index contributed by atoms with van der Waals surface area (Å²) in [5.41, 5.74) is 2.44. The highest BCUT2D eigenvalue weighted by atomic mass is 16.6. The third-order valence-corrected chi connectivity index (χ3v) is 4.82. The van der Waals surface area contributed by atoms with E-state index in [0.717, 1.165) is 49.5 Å². The largest absolute Gasteiger partial charge is 0.485 e. The third-order valence-electron chi connectivity index (χ3n) is 4.82. The van der Waals surface area contributed by atoms with Crippen LogP contribution >= 0.6 is 0 Å². The molecule has 126 valence electrons. The molecule has 0 amide bonds. The average molecular weight is 325 g/mol. The van der Waals surface area contributed by atoms with Crippen molar-refractivity contribution in [3.63, 3.8) is 0 Å². The van der Waals surface area contributed by atoms with Gasteiger partial charge in [-0.25, -0.2) is 0 Å². The number of hydrogen-bond acceptors (Lipinski definition) is 4. The first-order chi connectivity index (χ1) is 11.8. The Hall–Kier alpha value is -2.04. The van der Waals surface area contributed by atoms with Crippen molar-refractivity contribution >= 4 is 0 Å². The van der Waals surface area contributed by atoms with Crippen molar-refractivity contribution in [2.24, 2.45) is 0 Å². The molecule has 1 fully saturated rings. The minimum atomic E-state index is -0.116. The predicted molar refractivity (Wildman–Crippen MR) is 92.3 cm³/mol. The maximum atomic E-state index is 9.59. The highest BCUT2D eigenvalue weighted by Crippen LogP contribution is 2.35. The Morgan fingerprint density at radius 1 is 0.958 bits per heavy atom. The van der Waals surface area contributed by atoms with Gasteiger partial charge in [-0.3, -0.25) is 4.90 Å². The second-order valence-corrected chi connectivity index (χ2v) is 6.61. The zero-order valence-electron chi connectivity index (χ0n) is 13.7. The topological polar surface area (TPSA) is 41.9 Å². The van der Waals surface area contributed by atoms with E-state index in [1.807, 2.05) is 24.3 Å². The molecule has 1 N–H and O–H groups in total. The minimum Gasteiger partial charge on any atom is -0.485 e. The summed E-state index contributed by atoms with van der Waals surface area (Å²) in [6, 6.07) is 16.4. The van der Waals surface area contributed by atoms with Crippen molar-refractivity contribution in [3.8, 4) is 11.5 Å². The van der Waals surface area contributed by atoms with E-state index in [4.69, 9.17) is 9.47 Å². The fraction of sp³-hybridized carbons (Fsp3) is 0.400. The molecule has 2 aliphatic rings. The number of rotatable bonds is 3. The van der Waals surface area contributed by atoms with Gasteiger partial charge < -0.3 is 14.6 Å². The number of benzene rings is 2. The number of nitrogens with zero attached hydrogens (tertiary/aromatic N) is 1. The van der Waals surface area contributed by atoms with Crippen molar-refractivity contribution in [2.75, 3.05) is 19.7 Å². The maximum absolute atomic E-state index is 9.59. The Labute approximate surface area is 142 Å². The lowest BCUT2D eigenvalue weighted by Crippen LogP contribution is -2.35. The quantitative estimate of drug-likeness (QED) is 0.941. The number of aliphatic hydroxyl groups is 1. The van der Waals surface area contributed by atoms with Crippen LogP contribution in [0.15, 0.2) is 48.5 Å². The van der Waals surface area contributed by atoms with Gasteiger partial charge in [-0.1, -0.05) is 36.4 Å². The van der Waals surface area contributed by atoms with Gasteiger partial charge in [0.25, 0.3) is 0 Å². The monoisotopic (exact) mass is 325 g/mol. The minimum absolute atomic E-state index is 0.0564. The second-order valence-electron chi connectivity index (χ2n) is 6.61. The van der Waals surface area contributed by atoms with Crippen LogP contribution in [0.1, 0.15) is 30.1 Å². The van der Waals surface area contributed by atoms with Crippen molar-refractivity contribution in [3.05, 3.63) is 59.7 Å². The highest BCUT2D eigenvalue weighted by molar-refractivity contribution is 5.41. The zero-order valence-corrected chi connectivity index (χ0v) is 13.7. The number of para-hydroxylation sites is 2. The molecule has 2 aromatic rings. The van der Waals surface area contributed by atoms with Crippen molar-refractivity contribution in [2.45, 2.75) is 31.6 Å². The molecular weight excluding hydrogens is 302 g/mol. The van der Waals surface area contributed by atoms with Gasteiger partial charge in [0.15, 0.2) is 17.6 Å². The number of piperidine rings is 1. The lowest BCUT2D eigenvalue weighted by atomic mass is 10.0. The molecule has 4 nitrogen and oxygen atoms in total. The summed E-state index contributed by atoms with van der Waals surface area (Å²) in [6.45, 7) is 3.43. The molecule has 2 aromatic carbocycles. The Bertz CT molecular complexity index is 678. The van der Waals surface area contributed by atoms with Gasteiger partial charge in [0.1, 0.15) is 6.61 Å². The molecule has 4 heteroatoms. The molecule has 0 spiro atoms. The molecule has 24 heavy (non-hydrogen) atoms. The van der Waals surface area contributed by atoms with Crippen LogP contribution < -0.4 is 9.47 Å². The second kappa shape index (κ2) is 6.83.